The fourth-order valence-electron chi connectivity index (χ4n) is 2.93. The van der Waals surface area contributed by atoms with Gasteiger partial charge >= 0.3 is 0 Å². The molecule has 0 bridgehead atoms. The summed E-state index contributed by atoms with van der Waals surface area (Å²) >= 11 is 11.3. The third-order valence-electron chi connectivity index (χ3n) is 4.09. The normalized spacial score (nSPS) is 16.2. The second kappa shape index (κ2) is 7.39. The largest absolute Gasteiger partial charge is 0.273 e. The average Bonchev–Trinajstić information content (AvgIpc) is 2.67. The number of fused-ring (bicyclic) bond motifs is 1. The number of anilines is 2. The molecule has 0 radical (unpaired) electrons. The van der Waals surface area contributed by atoms with Gasteiger partial charge in [-0.25, -0.2) is 15.0 Å². The summed E-state index contributed by atoms with van der Waals surface area (Å²) in [4.78, 5) is 15.8. The van der Waals surface area contributed by atoms with Crippen LogP contribution < -0.4 is 4.90 Å². The van der Waals surface area contributed by atoms with Gasteiger partial charge in [-0.15, -0.1) is 0 Å². The highest BCUT2D eigenvalue weighted by Crippen LogP contribution is 2.41. The summed E-state index contributed by atoms with van der Waals surface area (Å²) in [7, 11) is 0. The third-order valence-corrected chi connectivity index (χ3v) is 5.51. The van der Waals surface area contributed by atoms with E-state index < -0.39 is 0 Å². The molecule has 7 heteroatoms. The number of hydrogen-bond acceptors (Lipinski definition) is 5. The third kappa shape index (κ3) is 3.24. The molecule has 0 saturated carbocycles. The molecule has 2 heterocycles. The van der Waals surface area contributed by atoms with Crippen molar-refractivity contribution in [1.29, 1.82) is 0 Å². The van der Waals surface area contributed by atoms with Crippen molar-refractivity contribution < 1.29 is 0 Å². The van der Waals surface area contributed by atoms with E-state index in [4.69, 9.17) is 16.6 Å². The monoisotopic (exact) mass is 444 g/mol. The van der Waals surface area contributed by atoms with Crippen molar-refractivity contribution in [2.75, 3.05) is 11.2 Å². The van der Waals surface area contributed by atoms with Crippen molar-refractivity contribution in [3.63, 3.8) is 0 Å². The minimum Gasteiger partial charge on any atom is -0.273 e. The van der Waals surface area contributed by atoms with Gasteiger partial charge in [-0.2, -0.15) is 0 Å². The van der Waals surface area contributed by atoms with E-state index in [1.807, 2.05) is 53.8 Å². The minimum absolute atomic E-state index is 0.141. The van der Waals surface area contributed by atoms with Crippen molar-refractivity contribution in [3.8, 4) is 0 Å². The Bertz CT molecular complexity index is 977. The Kier molecular flexibility index (Phi) is 4.98. The maximum atomic E-state index is 6.21. The van der Waals surface area contributed by atoms with Gasteiger partial charge in [0.25, 0.3) is 0 Å². The molecule has 4 nitrogen and oxygen atoms in total. The van der Waals surface area contributed by atoms with Gasteiger partial charge in [0.15, 0.2) is 5.17 Å². The maximum absolute atomic E-state index is 6.21. The number of thioether (sulfide) groups is 1. The average molecular weight is 446 g/mol. The number of halogens is 2. The number of amidine groups is 1. The van der Waals surface area contributed by atoms with Crippen LogP contribution in [0.15, 0.2) is 70.5 Å². The lowest BCUT2D eigenvalue weighted by atomic mass is 9.99. The van der Waals surface area contributed by atoms with Gasteiger partial charge in [-0.3, -0.25) is 4.90 Å². The lowest BCUT2D eigenvalue weighted by molar-refractivity contribution is 0.832. The van der Waals surface area contributed by atoms with E-state index in [0.717, 1.165) is 32.3 Å². The molecule has 1 aromatic heterocycles. The Balaban J connectivity index is 1.89. The van der Waals surface area contributed by atoms with Gasteiger partial charge in [0.2, 0.25) is 0 Å². The standard InChI is InChI=1S/C19H14BrClN4S/c1-26-19-24-17(12-5-7-13(20)8-6-12)16-10-22-11-23-18(16)25(19)15-4-2-3-14(21)9-15/h2-11,17H,1H3. The first-order valence-electron chi connectivity index (χ1n) is 7.90. The molecule has 1 atom stereocenters. The molecule has 2 aromatic carbocycles. The van der Waals surface area contributed by atoms with Gasteiger partial charge in [-0.05, 0) is 42.2 Å². The Morgan fingerprint density at radius 1 is 1.15 bits per heavy atom. The van der Waals surface area contributed by atoms with Crippen LogP contribution in [-0.4, -0.2) is 21.4 Å². The van der Waals surface area contributed by atoms with E-state index in [2.05, 4.69) is 38.0 Å². The zero-order valence-corrected chi connectivity index (χ0v) is 17.0. The molecule has 1 aliphatic rings. The molecule has 0 fully saturated rings. The number of rotatable bonds is 2. The van der Waals surface area contributed by atoms with E-state index in [9.17, 15) is 0 Å². The molecule has 0 N–H and O–H groups in total. The highest BCUT2D eigenvalue weighted by atomic mass is 79.9. The summed E-state index contributed by atoms with van der Waals surface area (Å²) in [5, 5.41) is 1.54. The second-order valence-electron chi connectivity index (χ2n) is 5.69. The van der Waals surface area contributed by atoms with Crippen LogP contribution in [0.1, 0.15) is 17.2 Å². The molecule has 0 saturated heterocycles. The lowest BCUT2D eigenvalue weighted by Gasteiger charge is -2.32. The van der Waals surface area contributed by atoms with Crippen molar-refractivity contribution in [2.24, 2.45) is 4.99 Å². The zero-order valence-electron chi connectivity index (χ0n) is 13.8. The van der Waals surface area contributed by atoms with Crippen LogP contribution in [0.2, 0.25) is 5.02 Å². The molecule has 1 aliphatic heterocycles. The molecule has 0 amide bonds. The number of aromatic nitrogens is 2. The molecule has 0 spiro atoms. The summed E-state index contributed by atoms with van der Waals surface area (Å²) in [6.07, 6.45) is 5.42. The molecule has 26 heavy (non-hydrogen) atoms. The van der Waals surface area contributed by atoms with E-state index in [1.54, 1.807) is 18.1 Å². The Hall–Kier alpha value is -1.89. The van der Waals surface area contributed by atoms with Crippen molar-refractivity contribution in [3.05, 3.63) is 81.7 Å². The molecule has 4 rings (SSSR count). The number of benzene rings is 2. The van der Waals surface area contributed by atoms with Crippen LogP contribution in [0.25, 0.3) is 0 Å². The van der Waals surface area contributed by atoms with Crippen LogP contribution in [0.5, 0.6) is 0 Å². The van der Waals surface area contributed by atoms with Gasteiger partial charge in [0.1, 0.15) is 18.2 Å². The van der Waals surface area contributed by atoms with Gasteiger partial charge in [0.05, 0.1) is 5.69 Å². The predicted molar refractivity (Wildman–Crippen MR) is 113 cm³/mol. The van der Waals surface area contributed by atoms with E-state index in [1.165, 1.54) is 0 Å². The van der Waals surface area contributed by atoms with Crippen molar-refractivity contribution in [1.82, 2.24) is 9.97 Å². The fourth-order valence-corrected chi connectivity index (χ4v) is 3.97. The molecule has 3 aromatic rings. The Morgan fingerprint density at radius 2 is 1.96 bits per heavy atom. The van der Waals surface area contributed by atoms with Crippen LogP contribution in [0.3, 0.4) is 0 Å². The Labute approximate surface area is 169 Å². The van der Waals surface area contributed by atoms with Crippen LogP contribution in [0.4, 0.5) is 11.5 Å². The van der Waals surface area contributed by atoms with Gasteiger partial charge in [-0.1, -0.05) is 57.5 Å². The quantitative estimate of drug-likeness (QED) is 0.496. The topological polar surface area (TPSA) is 41.4 Å². The predicted octanol–water partition coefficient (Wildman–Crippen LogP) is 5.85. The summed E-state index contributed by atoms with van der Waals surface area (Å²) in [6, 6.07) is 15.8. The van der Waals surface area contributed by atoms with Crippen molar-refractivity contribution in [2.45, 2.75) is 6.04 Å². The molecule has 130 valence electrons. The fraction of sp³-hybridized carbons (Fsp3) is 0.105. The highest BCUT2D eigenvalue weighted by molar-refractivity contribution is 9.10. The molecule has 0 aliphatic carbocycles. The smallest absolute Gasteiger partial charge is 0.170 e. The number of aliphatic imine (C=N–C) groups is 1. The Morgan fingerprint density at radius 3 is 2.69 bits per heavy atom. The first-order chi connectivity index (χ1) is 12.7. The molecule has 1 unspecified atom stereocenters. The zero-order chi connectivity index (χ0) is 18.1. The minimum atomic E-state index is -0.141. The first-order valence-corrected chi connectivity index (χ1v) is 10.3. The van der Waals surface area contributed by atoms with Gasteiger partial charge in [0, 0.05) is 21.3 Å². The number of hydrogen-bond donors (Lipinski definition) is 0. The van der Waals surface area contributed by atoms with Crippen LogP contribution in [0, 0.1) is 0 Å². The van der Waals surface area contributed by atoms with Crippen molar-refractivity contribution >= 4 is 56.0 Å². The number of nitrogens with zero attached hydrogens (tertiary/aromatic N) is 4. The summed E-state index contributed by atoms with van der Waals surface area (Å²) in [5.74, 6) is 0.828. The SMILES string of the molecule is CSC1=NC(c2ccc(Br)cc2)c2cncnc2N1c1cccc(Cl)c1. The van der Waals surface area contributed by atoms with E-state index in [-0.39, 0.29) is 6.04 Å². The summed E-state index contributed by atoms with van der Waals surface area (Å²) in [6.45, 7) is 0. The van der Waals surface area contributed by atoms with Crippen LogP contribution in [-0.2, 0) is 0 Å². The van der Waals surface area contributed by atoms with E-state index in [0.29, 0.717) is 5.02 Å². The summed E-state index contributed by atoms with van der Waals surface area (Å²) in [5.41, 5.74) is 2.99. The van der Waals surface area contributed by atoms with Crippen LogP contribution >= 0.6 is 39.3 Å². The second-order valence-corrected chi connectivity index (χ2v) is 7.81. The van der Waals surface area contributed by atoms with E-state index >= 15 is 0 Å². The maximum Gasteiger partial charge on any atom is 0.170 e. The molecular formula is C19H14BrClN4S. The first kappa shape index (κ1) is 17.5. The van der Waals surface area contributed by atoms with Gasteiger partial charge < -0.3 is 0 Å². The molecular weight excluding hydrogens is 432 g/mol. The highest BCUT2D eigenvalue weighted by Gasteiger charge is 2.31. The summed E-state index contributed by atoms with van der Waals surface area (Å²) < 4.78 is 1.04. The lowest BCUT2D eigenvalue weighted by Crippen LogP contribution is -2.30.